The predicted molar refractivity (Wildman–Crippen MR) is 93.9 cm³/mol. The Morgan fingerprint density at radius 3 is 1.47 bits per heavy atom. The van der Waals surface area contributed by atoms with Gasteiger partial charge in [-0.25, -0.2) is 0 Å². The first kappa shape index (κ1) is 24.0. The Morgan fingerprint density at radius 1 is 0.789 bits per heavy atom. The first-order chi connectivity index (χ1) is 9.11. The molecule has 19 heavy (non-hydrogen) atoms. The lowest BCUT2D eigenvalue weighted by molar-refractivity contribution is 0.261. The Bertz CT molecular complexity index is 120. The fourth-order valence-corrected chi connectivity index (χ4v) is 2.22. The van der Waals surface area contributed by atoms with Gasteiger partial charge in [-0.2, -0.15) is 0 Å². The molecule has 1 saturated carbocycles. The van der Waals surface area contributed by atoms with Crippen LogP contribution in [0.1, 0.15) is 107 Å². The Balaban J connectivity index is -0.000000313. The molecule has 0 heteroatoms. The summed E-state index contributed by atoms with van der Waals surface area (Å²) >= 11 is 0. The third-order valence-corrected chi connectivity index (χ3v) is 3.57. The Morgan fingerprint density at radius 2 is 1.16 bits per heavy atom. The number of rotatable bonds is 3. The van der Waals surface area contributed by atoms with Gasteiger partial charge >= 0.3 is 0 Å². The molecular formula is C19H44. The normalized spacial score (nSPS) is 16.1. The van der Waals surface area contributed by atoms with Crippen molar-refractivity contribution in [3.05, 3.63) is 0 Å². The van der Waals surface area contributed by atoms with Crippen LogP contribution in [0.2, 0.25) is 0 Å². The smallest absolute Gasteiger partial charge is 0.0412 e. The van der Waals surface area contributed by atoms with Crippen molar-refractivity contribution in [2.45, 2.75) is 107 Å². The van der Waals surface area contributed by atoms with Gasteiger partial charge in [0.05, 0.1) is 0 Å². The summed E-state index contributed by atoms with van der Waals surface area (Å²) in [6.45, 7) is 19.4. The summed E-state index contributed by atoms with van der Waals surface area (Å²) in [7, 11) is 0. The van der Waals surface area contributed by atoms with Crippen molar-refractivity contribution in [2.75, 3.05) is 0 Å². The zero-order chi connectivity index (χ0) is 15.7. The van der Waals surface area contributed by atoms with Crippen LogP contribution in [0.15, 0.2) is 0 Å². The van der Waals surface area contributed by atoms with E-state index in [1.807, 2.05) is 27.7 Å². The van der Waals surface area contributed by atoms with Crippen LogP contribution in [-0.4, -0.2) is 0 Å². The van der Waals surface area contributed by atoms with Crippen LogP contribution in [-0.2, 0) is 0 Å². The van der Waals surface area contributed by atoms with E-state index in [0.717, 1.165) is 17.8 Å². The van der Waals surface area contributed by atoms with Crippen molar-refractivity contribution in [3.63, 3.8) is 0 Å². The van der Waals surface area contributed by atoms with Gasteiger partial charge in [-0.15, -0.1) is 0 Å². The summed E-state index contributed by atoms with van der Waals surface area (Å²) in [4.78, 5) is 0. The molecule has 1 fully saturated rings. The fraction of sp³-hybridized carbons (Fsp3) is 1.00. The van der Waals surface area contributed by atoms with E-state index in [0.29, 0.717) is 0 Å². The highest BCUT2D eigenvalue weighted by molar-refractivity contribution is 4.69. The van der Waals surface area contributed by atoms with Crippen molar-refractivity contribution in [3.8, 4) is 0 Å². The van der Waals surface area contributed by atoms with Crippen LogP contribution in [0, 0.1) is 17.8 Å². The van der Waals surface area contributed by atoms with Crippen LogP contribution >= 0.6 is 0 Å². The van der Waals surface area contributed by atoms with Gasteiger partial charge in [0, 0.05) is 0 Å². The molecule has 0 aliphatic heterocycles. The van der Waals surface area contributed by atoms with Crippen LogP contribution in [0.4, 0.5) is 0 Å². The molecule has 0 aromatic heterocycles. The van der Waals surface area contributed by atoms with Crippen LogP contribution in [0.5, 0.6) is 0 Å². The second kappa shape index (κ2) is 20.3. The van der Waals surface area contributed by atoms with E-state index < -0.39 is 0 Å². The van der Waals surface area contributed by atoms with E-state index in [2.05, 4.69) is 34.6 Å². The van der Waals surface area contributed by atoms with Gasteiger partial charge in [0.2, 0.25) is 0 Å². The summed E-state index contributed by atoms with van der Waals surface area (Å²) in [5.41, 5.74) is 0. The molecule has 0 bridgehead atoms. The van der Waals surface area contributed by atoms with Gasteiger partial charge in [0.15, 0.2) is 0 Å². The molecule has 0 saturated heterocycles. The highest BCUT2D eigenvalue weighted by atomic mass is 14.2. The summed E-state index contributed by atoms with van der Waals surface area (Å²) < 4.78 is 0. The Kier molecular flexibility index (Phi) is 25.7. The second-order valence-corrected chi connectivity index (χ2v) is 5.67. The lowest BCUT2D eigenvalue weighted by atomic mass is 9.80. The average molecular weight is 273 g/mol. The molecule has 0 nitrogen and oxygen atoms in total. The Hall–Kier alpha value is 0. The molecule has 1 unspecified atom stereocenters. The quantitative estimate of drug-likeness (QED) is 0.493. The molecule has 0 N–H and O–H groups in total. The molecule has 0 amide bonds. The molecule has 0 aromatic rings. The maximum atomic E-state index is 2.42. The third kappa shape index (κ3) is 18.0. The molecule has 1 aliphatic carbocycles. The van der Waals surface area contributed by atoms with Gasteiger partial charge in [0.25, 0.3) is 0 Å². The maximum absolute atomic E-state index is 2.42. The van der Waals surface area contributed by atoms with E-state index >= 15 is 0 Å². The van der Waals surface area contributed by atoms with Gasteiger partial charge in [-0.05, 0) is 24.2 Å². The molecule has 1 aliphatic rings. The van der Waals surface area contributed by atoms with Gasteiger partial charge < -0.3 is 0 Å². The van der Waals surface area contributed by atoms with Gasteiger partial charge in [-0.1, -0.05) is 101 Å². The number of hydrogen-bond acceptors (Lipinski definition) is 0. The minimum absolute atomic E-state index is 0.881. The van der Waals surface area contributed by atoms with Gasteiger partial charge in [-0.3, -0.25) is 0 Å². The van der Waals surface area contributed by atoms with Crippen molar-refractivity contribution in [2.24, 2.45) is 17.8 Å². The molecule has 0 aromatic carbocycles. The highest BCUT2D eigenvalue weighted by Crippen LogP contribution is 2.31. The molecule has 0 radical (unpaired) electrons. The summed E-state index contributed by atoms with van der Waals surface area (Å²) in [6, 6.07) is 0. The fourth-order valence-electron chi connectivity index (χ4n) is 2.22. The minimum Gasteiger partial charge on any atom is -0.0683 e. The van der Waals surface area contributed by atoms with E-state index in [1.54, 1.807) is 0 Å². The number of hydrogen-bond donors (Lipinski definition) is 0. The summed E-state index contributed by atoms with van der Waals surface area (Å²) in [6.07, 6.45) is 10.2. The van der Waals surface area contributed by atoms with Crippen LogP contribution < -0.4 is 0 Å². The molecule has 120 valence electrons. The average Bonchev–Trinajstić information content (AvgIpc) is 2.45. The first-order valence-electron chi connectivity index (χ1n) is 9.11. The SMILES string of the molecule is CC.CC.CC(C)C(C)CC1CCCCC1.CCC. The predicted octanol–water partition coefficient (Wildman–Crippen LogP) is 7.72. The first-order valence-corrected chi connectivity index (χ1v) is 9.11. The molecule has 1 atom stereocenters. The van der Waals surface area contributed by atoms with Crippen LogP contribution in [0.3, 0.4) is 0 Å². The minimum atomic E-state index is 0.881. The zero-order valence-corrected chi connectivity index (χ0v) is 15.7. The van der Waals surface area contributed by atoms with E-state index in [-0.39, 0.29) is 0 Å². The highest BCUT2D eigenvalue weighted by Gasteiger charge is 2.17. The Labute approximate surface area is 125 Å². The topological polar surface area (TPSA) is 0 Å². The molecule has 1 rings (SSSR count). The van der Waals surface area contributed by atoms with Crippen molar-refractivity contribution >= 4 is 0 Å². The standard InChI is InChI=1S/C12H24.C3H8.2C2H6/c1-10(2)11(3)9-12-7-5-4-6-8-12;1-3-2;2*1-2/h10-12H,4-9H2,1-3H3;3H2,1-2H3;2*1-2H3. The molecule has 0 heterocycles. The van der Waals surface area contributed by atoms with Crippen molar-refractivity contribution in [1.82, 2.24) is 0 Å². The monoisotopic (exact) mass is 272 g/mol. The largest absolute Gasteiger partial charge is 0.0683 e. The second-order valence-electron chi connectivity index (χ2n) is 5.67. The summed E-state index contributed by atoms with van der Waals surface area (Å²) in [5, 5.41) is 0. The zero-order valence-electron chi connectivity index (χ0n) is 15.7. The summed E-state index contributed by atoms with van der Waals surface area (Å²) in [5.74, 6) is 2.89. The molecule has 0 spiro atoms. The van der Waals surface area contributed by atoms with E-state index in [4.69, 9.17) is 0 Å². The van der Waals surface area contributed by atoms with Crippen molar-refractivity contribution in [1.29, 1.82) is 0 Å². The van der Waals surface area contributed by atoms with E-state index in [1.165, 1.54) is 44.9 Å². The maximum Gasteiger partial charge on any atom is -0.0412 e. The third-order valence-electron chi connectivity index (χ3n) is 3.57. The van der Waals surface area contributed by atoms with Gasteiger partial charge in [0.1, 0.15) is 0 Å². The van der Waals surface area contributed by atoms with E-state index in [9.17, 15) is 0 Å². The lowest BCUT2D eigenvalue weighted by Gasteiger charge is -2.26. The molecular weight excluding hydrogens is 228 g/mol. The van der Waals surface area contributed by atoms with Crippen molar-refractivity contribution < 1.29 is 0 Å². The van der Waals surface area contributed by atoms with Crippen LogP contribution in [0.25, 0.3) is 0 Å². The lowest BCUT2D eigenvalue weighted by Crippen LogP contribution is -2.13.